The van der Waals surface area contributed by atoms with Crippen LogP contribution in [-0.2, 0) is 0 Å². The van der Waals surface area contributed by atoms with Gasteiger partial charge in [0.25, 0.3) is 0 Å². The normalized spacial score (nSPS) is 15.3. The van der Waals surface area contributed by atoms with Crippen LogP contribution in [0.25, 0.3) is 0 Å². The van der Waals surface area contributed by atoms with Gasteiger partial charge < -0.3 is 0 Å². The van der Waals surface area contributed by atoms with Gasteiger partial charge in [-0.15, -0.1) is 0 Å². The fourth-order valence-electron chi connectivity index (χ4n) is 0.516. The second-order valence-corrected chi connectivity index (χ2v) is 3.83. The van der Waals surface area contributed by atoms with Gasteiger partial charge in [0.05, 0.1) is 0 Å². The predicted molar refractivity (Wildman–Crippen MR) is 44.0 cm³/mol. The number of halogens is 9. The first-order chi connectivity index (χ1) is 6.31. The summed E-state index contributed by atoms with van der Waals surface area (Å²) in [6, 6.07) is 0. The van der Waals surface area contributed by atoms with Crippen molar-refractivity contribution in [2.75, 3.05) is 0 Å². The molecule has 0 nitrogen and oxygen atoms in total. The van der Waals surface area contributed by atoms with Crippen molar-refractivity contribution in [3.8, 4) is 0 Å². The smallest absolute Gasteiger partial charge is 0.195 e. The Morgan fingerprint density at radius 3 is 1.33 bits per heavy atom. The fraction of sp³-hybridized carbons (Fsp3) is 0.667. The van der Waals surface area contributed by atoms with E-state index < -0.39 is 27.8 Å². The molecule has 0 aliphatic carbocycles. The highest BCUT2D eigenvalue weighted by Gasteiger charge is 2.79. The Hall–Kier alpha value is -0.0900. The molecule has 0 amide bonds. The van der Waals surface area contributed by atoms with E-state index in [1.165, 1.54) is 0 Å². The second-order valence-electron chi connectivity index (χ2n) is 2.47. The summed E-state index contributed by atoms with van der Waals surface area (Å²) in [5, 5.41) is 0. The minimum Gasteiger partial charge on any atom is -0.195 e. The maximum atomic E-state index is 12.4. The van der Waals surface area contributed by atoms with Gasteiger partial charge in [-0.3, -0.25) is 0 Å². The zero-order valence-corrected chi connectivity index (χ0v) is 8.84. The van der Waals surface area contributed by atoms with Crippen molar-refractivity contribution in [3.05, 3.63) is 12.7 Å². The van der Waals surface area contributed by atoms with E-state index in [0.717, 1.165) is 0 Å². The van der Waals surface area contributed by atoms with Crippen LogP contribution in [0.3, 0.4) is 0 Å². The molecule has 0 atom stereocenters. The fourth-order valence-corrected chi connectivity index (χ4v) is 0.854. The molecule has 0 aromatic heterocycles. The number of allylic oxidation sites excluding steroid dienone is 1. The average Bonchev–Trinajstić information content (AvgIpc) is 2.01. The molecule has 0 fully saturated rings. The predicted octanol–water partition coefficient (Wildman–Crippen LogP) is 4.11. The van der Waals surface area contributed by atoms with Crippen molar-refractivity contribution < 1.29 is 35.1 Å². The van der Waals surface area contributed by atoms with Gasteiger partial charge in [-0.25, -0.2) is 0 Å². The van der Waals surface area contributed by atoms with Crippen LogP contribution in [0.1, 0.15) is 0 Å². The van der Waals surface area contributed by atoms with Crippen molar-refractivity contribution in [1.29, 1.82) is 0 Å². The van der Waals surface area contributed by atoms with Gasteiger partial charge >= 0.3 is 21.7 Å². The number of hydrogen-bond acceptors (Lipinski definition) is 0. The van der Waals surface area contributed by atoms with Gasteiger partial charge in [-0.1, -0.05) is 6.58 Å². The molecule has 0 aliphatic heterocycles. The SMILES string of the molecule is C=CC(F)(F)C(F)(F)C(F)(F)C(F)(F)I. The lowest BCUT2D eigenvalue weighted by molar-refractivity contribution is -0.329. The van der Waals surface area contributed by atoms with Crippen molar-refractivity contribution in [1.82, 2.24) is 0 Å². The zero-order chi connectivity index (χ0) is 12.7. The Bertz CT molecular complexity index is 252. The summed E-state index contributed by atoms with van der Waals surface area (Å²) in [5.41, 5.74) is 0. The van der Waals surface area contributed by atoms with Crippen LogP contribution < -0.4 is 0 Å². The largest absolute Gasteiger partial charge is 0.387 e. The van der Waals surface area contributed by atoms with E-state index in [4.69, 9.17) is 0 Å². The summed E-state index contributed by atoms with van der Waals surface area (Å²) in [4.78, 5) is 0. The first-order valence-electron chi connectivity index (χ1n) is 3.15. The van der Waals surface area contributed by atoms with Gasteiger partial charge in [0.1, 0.15) is 0 Å². The van der Waals surface area contributed by atoms with Crippen LogP contribution in [0, 0.1) is 0 Å². The monoisotopic (exact) mass is 354 g/mol. The highest BCUT2D eigenvalue weighted by atomic mass is 127. The molecule has 0 bridgehead atoms. The number of alkyl halides is 9. The van der Waals surface area contributed by atoms with E-state index in [9.17, 15) is 35.1 Å². The Labute approximate surface area is 92.5 Å². The van der Waals surface area contributed by atoms with Gasteiger partial charge in [0.15, 0.2) is 0 Å². The molecule has 0 aromatic rings. The molecule has 0 heterocycles. The number of hydrogen-bond donors (Lipinski definition) is 0. The molecule has 0 unspecified atom stereocenters. The Balaban J connectivity index is 5.47. The van der Waals surface area contributed by atoms with E-state index in [2.05, 4.69) is 6.58 Å². The van der Waals surface area contributed by atoms with Gasteiger partial charge in [0, 0.05) is 22.6 Å². The molecule has 90 valence electrons. The van der Waals surface area contributed by atoms with Crippen LogP contribution in [0.5, 0.6) is 0 Å². The van der Waals surface area contributed by atoms with Crippen LogP contribution in [-0.4, -0.2) is 21.7 Å². The van der Waals surface area contributed by atoms with Gasteiger partial charge in [-0.2, -0.15) is 35.1 Å². The van der Waals surface area contributed by atoms with Crippen molar-refractivity contribution in [3.63, 3.8) is 0 Å². The molecule has 15 heavy (non-hydrogen) atoms. The Morgan fingerprint density at radius 2 is 1.13 bits per heavy atom. The topological polar surface area (TPSA) is 0 Å². The van der Waals surface area contributed by atoms with Crippen LogP contribution >= 0.6 is 22.6 Å². The molecular weight excluding hydrogens is 351 g/mol. The highest BCUT2D eigenvalue weighted by Crippen LogP contribution is 2.54. The quantitative estimate of drug-likeness (QED) is 0.309. The lowest BCUT2D eigenvalue weighted by Crippen LogP contribution is -2.59. The maximum Gasteiger partial charge on any atom is 0.387 e. The summed E-state index contributed by atoms with van der Waals surface area (Å²) in [6.45, 7) is 2.18. The minimum absolute atomic E-state index is 0.330. The molecular formula is C6H3F8I. The third-order valence-corrected chi connectivity index (χ3v) is 2.10. The lowest BCUT2D eigenvalue weighted by atomic mass is 10.1. The van der Waals surface area contributed by atoms with E-state index >= 15 is 0 Å². The average molecular weight is 354 g/mol. The maximum absolute atomic E-state index is 12.4. The summed E-state index contributed by atoms with van der Waals surface area (Å²) >= 11 is -0.330. The summed E-state index contributed by atoms with van der Waals surface area (Å²) in [5.74, 6) is -17.8. The molecule has 0 saturated carbocycles. The Kier molecular flexibility index (Phi) is 3.71. The van der Waals surface area contributed by atoms with Gasteiger partial charge in [-0.05, 0) is 6.08 Å². The number of rotatable bonds is 4. The molecule has 0 radical (unpaired) electrons. The van der Waals surface area contributed by atoms with Crippen LogP contribution in [0.4, 0.5) is 35.1 Å². The molecule has 0 saturated heterocycles. The lowest BCUT2D eigenvalue weighted by Gasteiger charge is -2.33. The molecule has 0 N–H and O–H groups in total. The standard InChI is InChI=1S/C6H3F8I/c1-2-3(7,8)4(9,10)5(11,12)6(13,14)15/h2H,1H2. The highest BCUT2D eigenvalue weighted by molar-refractivity contribution is 14.1. The van der Waals surface area contributed by atoms with E-state index in [-0.39, 0.29) is 22.6 Å². The Morgan fingerprint density at radius 1 is 0.800 bits per heavy atom. The van der Waals surface area contributed by atoms with E-state index in [1.807, 2.05) is 0 Å². The third kappa shape index (κ3) is 2.21. The summed E-state index contributed by atoms with van der Waals surface area (Å²) < 4.78 is 92.9. The first-order valence-corrected chi connectivity index (χ1v) is 4.23. The molecule has 0 aliphatic rings. The minimum atomic E-state index is -6.22. The van der Waals surface area contributed by atoms with Gasteiger partial charge in [0.2, 0.25) is 0 Å². The van der Waals surface area contributed by atoms with Crippen LogP contribution in [0.15, 0.2) is 12.7 Å². The summed E-state index contributed by atoms with van der Waals surface area (Å²) in [6.07, 6.45) is -0.802. The first kappa shape index (κ1) is 14.9. The van der Waals surface area contributed by atoms with E-state index in [0.29, 0.717) is 0 Å². The van der Waals surface area contributed by atoms with Crippen LogP contribution in [0.2, 0.25) is 0 Å². The van der Waals surface area contributed by atoms with Crippen molar-refractivity contribution in [2.24, 2.45) is 0 Å². The third-order valence-electron chi connectivity index (χ3n) is 1.43. The molecule has 0 rings (SSSR count). The van der Waals surface area contributed by atoms with E-state index in [1.54, 1.807) is 0 Å². The summed E-state index contributed by atoms with van der Waals surface area (Å²) in [7, 11) is 0. The molecule has 9 heteroatoms. The molecule has 0 spiro atoms. The molecule has 0 aromatic carbocycles. The van der Waals surface area contributed by atoms with Crippen molar-refractivity contribution in [2.45, 2.75) is 21.7 Å². The van der Waals surface area contributed by atoms with Crippen molar-refractivity contribution >= 4 is 22.6 Å². The second kappa shape index (κ2) is 3.74. The zero-order valence-electron chi connectivity index (χ0n) is 6.69.